The molecule has 166 valence electrons. The third kappa shape index (κ3) is 4.48. The Kier molecular flexibility index (Phi) is 6.46. The molecule has 4 rings (SSSR count). The first-order chi connectivity index (χ1) is 15.3. The number of hydrogen-bond donors (Lipinski definition) is 0. The highest BCUT2D eigenvalue weighted by Gasteiger charge is 2.35. The summed E-state index contributed by atoms with van der Waals surface area (Å²) in [7, 11) is 0. The number of aromatic nitrogens is 3. The molecule has 1 amide bonds. The molecule has 32 heavy (non-hydrogen) atoms. The summed E-state index contributed by atoms with van der Waals surface area (Å²) in [5.41, 5.74) is 5.10. The average molecular weight is 449 g/mol. The van der Waals surface area contributed by atoms with Crippen molar-refractivity contribution in [2.45, 2.75) is 52.4 Å². The molecule has 6 nitrogen and oxygen atoms in total. The van der Waals surface area contributed by atoms with Crippen LogP contribution in [0.15, 0.2) is 47.6 Å². The highest BCUT2D eigenvalue weighted by atomic mass is 32.2. The Morgan fingerprint density at radius 2 is 1.94 bits per heavy atom. The van der Waals surface area contributed by atoms with Crippen molar-refractivity contribution in [2.75, 3.05) is 10.7 Å². The molecule has 0 saturated heterocycles. The molecule has 0 saturated carbocycles. The first-order valence-corrected chi connectivity index (χ1v) is 11.8. The summed E-state index contributed by atoms with van der Waals surface area (Å²) in [6.45, 7) is 9.98. The van der Waals surface area contributed by atoms with Crippen LogP contribution >= 0.6 is 11.8 Å². The number of benzene rings is 2. The maximum Gasteiger partial charge on any atom is 0.247 e. The molecule has 1 aliphatic rings. The molecule has 0 fully saturated rings. The Bertz CT molecular complexity index is 1150. The number of carbonyl (C=O) groups is 1. The molecule has 0 N–H and O–H groups in total. The summed E-state index contributed by atoms with van der Waals surface area (Å²) >= 11 is 1.57. The molecule has 1 aromatic heterocycles. The van der Waals surface area contributed by atoms with Crippen LogP contribution < -0.4 is 9.64 Å². The molecule has 1 aliphatic heterocycles. The smallest absolute Gasteiger partial charge is 0.247 e. The summed E-state index contributed by atoms with van der Waals surface area (Å²) in [6, 6.07) is 13.9. The molecule has 0 aliphatic carbocycles. The third-order valence-electron chi connectivity index (χ3n) is 5.48. The fourth-order valence-corrected chi connectivity index (χ4v) is 4.75. The zero-order chi connectivity index (χ0) is 22.8. The number of hydrogen-bond acceptors (Lipinski definition) is 6. The summed E-state index contributed by atoms with van der Waals surface area (Å²) in [5, 5.41) is 9.45. The van der Waals surface area contributed by atoms with Crippen LogP contribution in [0.3, 0.4) is 0 Å². The number of amides is 1. The second-order valence-electron chi connectivity index (χ2n) is 8.52. The first-order valence-electron chi connectivity index (χ1n) is 10.9. The van der Waals surface area contributed by atoms with Crippen molar-refractivity contribution >= 4 is 23.4 Å². The minimum Gasteiger partial charge on any atom is -0.447 e. The van der Waals surface area contributed by atoms with Gasteiger partial charge in [0.25, 0.3) is 0 Å². The van der Waals surface area contributed by atoms with Gasteiger partial charge in [-0.15, -0.1) is 10.2 Å². The molecule has 1 atom stereocenters. The van der Waals surface area contributed by atoms with Gasteiger partial charge in [-0.1, -0.05) is 61.5 Å². The number of fused-ring (bicyclic) bond motifs is 3. The van der Waals surface area contributed by atoms with E-state index in [2.05, 4.69) is 24.0 Å². The summed E-state index contributed by atoms with van der Waals surface area (Å²) in [5.74, 6) is 1.80. The SMILES string of the molecule is CC(=O)N1c2ccc(C)cc2-c2nnc(SCCC(C)C)nc2O[C@@H]1c1ccccc1C. The maximum atomic E-state index is 12.9. The topological polar surface area (TPSA) is 68.2 Å². The van der Waals surface area contributed by atoms with Gasteiger partial charge >= 0.3 is 0 Å². The largest absolute Gasteiger partial charge is 0.447 e. The van der Waals surface area contributed by atoms with E-state index in [1.54, 1.807) is 23.6 Å². The van der Waals surface area contributed by atoms with Gasteiger partial charge in [-0.3, -0.25) is 9.69 Å². The number of thioether (sulfide) groups is 1. The average Bonchev–Trinajstić information content (AvgIpc) is 2.88. The van der Waals surface area contributed by atoms with Crippen LogP contribution in [-0.4, -0.2) is 26.8 Å². The van der Waals surface area contributed by atoms with Crippen molar-refractivity contribution < 1.29 is 9.53 Å². The van der Waals surface area contributed by atoms with Crippen LogP contribution in [0.2, 0.25) is 0 Å². The van der Waals surface area contributed by atoms with E-state index in [0.717, 1.165) is 40.1 Å². The van der Waals surface area contributed by atoms with Gasteiger partial charge in [-0.25, -0.2) is 0 Å². The summed E-state index contributed by atoms with van der Waals surface area (Å²) in [4.78, 5) is 19.3. The minimum absolute atomic E-state index is 0.115. The van der Waals surface area contributed by atoms with E-state index in [1.807, 2.05) is 56.3 Å². The fraction of sp³-hybridized carbons (Fsp3) is 0.360. The molecule has 0 spiro atoms. The van der Waals surface area contributed by atoms with Gasteiger partial charge in [0.2, 0.25) is 23.2 Å². The highest BCUT2D eigenvalue weighted by molar-refractivity contribution is 7.99. The normalized spacial score (nSPS) is 15.1. The predicted octanol–water partition coefficient (Wildman–Crippen LogP) is 5.74. The molecule has 0 unspecified atom stereocenters. The zero-order valence-electron chi connectivity index (χ0n) is 19.1. The molecule has 7 heteroatoms. The van der Waals surface area contributed by atoms with E-state index < -0.39 is 6.23 Å². The summed E-state index contributed by atoms with van der Waals surface area (Å²) in [6.07, 6.45) is 0.416. The van der Waals surface area contributed by atoms with Gasteiger partial charge in [-0.2, -0.15) is 4.98 Å². The number of carbonyl (C=O) groups excluding carboxylic acids is 1. The minimum atomic E-state index is -0.651. The molecular formula is C25H28N4O2S. The molecule has 2 aromatic carbocycles. The quantitative estimate of drug-likeness (QED) is 0.464. The van der Waals surface area contributed by atoms with E-state index in [-0.39, 0.29) is 5.91 Å². The molecular weight excluding hydrogens is 420 g/mol. The number of ether oxygens (including phenoxy) is 1. The Hall–Kier alpha value is -2.93. The second kappa shape index (κ2) is 9.28. The standard InChI is InChI=1S/C25H28N4O2S/c1-15(2)12-13-32-25-26-23-22(27-28-25)20-14-16(3)10-11-21(20)29(18(5)30)24(31-23)19-9-7-6-8-17(19)4/h6-11,14-15,24H,12-13H2,1-5H3/t24-/m1/s1. The number of anilines is 1. The van der Waals surface area contributed by atoms with Gasteiger partial charge in [0, 0.05) is 23.8 Å². The first kappa shape index (κ1) is 22.3. The lowest BCUT2D eigenvalue weighted by Crippen LogP contribution is -2.36. The van der Waals surface area contributed by atoms with Crippen molar-refractivity contribution in [1.29, 1.82) is 0 Å². The Morgan fingerprint density at radius 3 is 2.66 bits per heavy atom. The van der Waals surface area contributed by atoms with Gasteiger partial charge in [0.1, 0.15) is 0 Å². The summed E-state index contributed by atoms with van der Waals surface area (Å²) < 4.78 is 6.47. The van der Waals surface area contributed by atoms with Crippen LogP contribution in [0.1, 0.15) is 50.1 Å². The molecule has 2 heterocycles. The molecule has 0 radical (unpaired) electrons. The van der Waals surface area contributed by atoms with Gasteiger partial charge in [-0.05, 0) is 43.9 Å². The van der Waals surface area contributed by atoms with Crippen LogP contribution in [0, 0.1) is 19.8 Å². The Balaban J connectivity index is 1.86. The van der Waals surface area contributed by atoms with E-state index in [9.17, 15) is 4.79 Å². The van der Waals surface area contributed by atoms with Gasteiger partial charge in [0.15, 0.2) is 5.69 Å². The lowest BCUT2D eigenvalue weighted by molar-refractivity contribution is -0.118. The van der Waals surface area contributed by atoms with Crippen LogP contribution in [0.25, 0.3) is 11.3 Å². The van der Waals surface area contributed by atoms with Crippen LogP contribution in [-0.2, 0) is 4.79 Å². The van der Waals surface area contributed by atoms with Crippen molar-refractivity contribution in [3.05, 3.63) is 59.2 Å². The predicted molar refractivity (Wildman–Crippen MR) is 128 cm³/mol. The lowest BCUT2D eigenvalue weighted by Gasteiger charge is -2.30. The number of rotatable bonds is 5. The zero-order valence-corrected chi connectivity index (χ0v) is 19.9. The van der Waals surface area contributed by atoms with E-state index >= 15 is 0 Å². The third-order valence-corrected chi connectivity index (χ3v) is 6.35. The van der Waals surface area contributed by atoms with Crippen LogP contribution in [0.4, 0.5) is 5.69 Å². The lowest BCUT2D eigenvalue weighted by atomic mass is 10.0. The van der Waals surface area contributed by atoms with Gasteiger partial charge < -0.3 is 4.74 Å². The van der Waals surface area contributed by atoms with E-state index in [0.29, 0.717) is 22.6 Å². The molecule has 0 bridgehead atoms. The molecule has 3 aromatic rings. The van der Waals surface area contributed by atoms with E-state index in [1.165, 1.54) is 0 Å². The van der Waals surface area contributed by atoms with E-state index in [4.69, 9.17) is 9.72 Å². The van der Waals surface area contributed by atoms with Crippen molar-refractivity contribution in [3.8, 4) is 17.1 Å². The number of aryl methyl sites for hydroxylation is 2. The highest BCUT2D eigenvalue weighted by Crippen LogP contribution is 2.44. The monoisotopic (exact) mass is 448 g/mol. The maximum absolute atomic E-state index is 12.9. The second-order valence-corrected chi connectivity index (χ2v) is 9.58. The van der Waals surface area contributed by atoms with Crippen molar-refractivity contribution in [2.24, 2.45) is 5.92 Å². The number of nitrogens with zero attached hydrogens (tertiary/aromatic N) is 4. The fourth-order valence-electron chi connectivity index (χ4n) is 3.73. The van der Waals surface area contributed by atoms with Crippen LogP contribution in [0.5, 0.6) is 5.88 Å². The van der Waals surface area contributed by atoms with Crippen molar-refractivity contribution in [1.82, 2.24) is 15.2 Å². The van der Waals surface area contributed by atoms with Gasteiger partial charge in [0.05, 0.1) is 5.69 Å². The Labute approximate surface area is 193 Å². The Morgan fingerprint density at radius 1 is 1.16 bits per heavy atom. The van der Waals surface area contributed by atoms with Crippen molar-refractivity contribution in [3.63, 3.8) is 0 Å².